The number of ether oxygens (including phenoxy) is 1. The Labute approximate surface area is 119 Å². The molecule has 1 aliphatic rings. The highest BCUT2D eigenvalue weighted by molar-refractivity contribution is 5.86. The highest BCUT2D eigenvalue weighted by Gasteiger charge is 2.06. The van der Waals surface area contributed by atoms with Crippen molar-refractivity contribution in [1.82, 2.24) is 0 Å². The second kappa shape index (κ2) is 10.00. The molecule has 0 aliphatic carbocycles. The average molecular weight is 262 g/mol. The fourth-order valence-corrected chi connectivity index (χ4v) is 1.11. The Balaban J connectivity index is 2.30. The molecule has 2 nitrogen and oxygen atoms in total. The van der Waals surface area contributed by atoms with Crippen LogP contribution < -0.4 is 0 Å². The molecule has 0 saturated carbocycles. The van der Waals surface area contributed by atoms with E-state index in [1.165, 1.54) is 6.08 Å². The van der Waals surface area contributed by atoms with Crippen LogP contribution in [0.15, 0.2) is 72.6 Å². The lowest BCUT2D eigenvalue weighted by molar-refractivity contribution is -0.132. The largest absolute Gasteiger partial charge is 0.423 e. The lowest BCUT2D eigenvalue weighted by Gasteiger charge is -1.90. The molecule has 0 aromatic carbocycles. The number of hydrogen-bond donors (Lipinski definition) is 0. The number of esters is 1. The van der Waals surface area contributed by atoms with Crippen molar-refractivity contribution in [2.24, 2.45) is 0 Å². The third-order valence-corrected chi connectivity index (χ3v) is 1.94. The van der Waals surface area contributed by atoms with E-state index in [2.05, 4.69) is 23.7 Å². The molecule has 98 valence electrons. The molecule has 1 aliphatic heterocycles. The Morgan fingerprint density at radius 1 is 0.950 bits per heavy atom. The molecule has 0 amide bonds. The van der Waals surface area contributed by atoms with E-state index in [9.17, 15) is 4.79 Å². The summed E-state index contributed by atoms with van der Waals surface area (Å²) in [6.07, 6.45) is 19.2. The molecule has 0 spiro atoms. The van der Waals surface area contributed by atoms with E-state index >= 15 is 0 Å². The van der Waals surface area contributed by atoms with Gasteiger partial charge in [0.2, 0.25) is 0 Å². The van der Waals surface area contributed by atoms with Gasteiger partial charge in [0.05, 0.1) is 0 Å². The van der Waals surface area contributed by atoms with Crippen molar-refractivity contribution in [3.8, 4) is 23.7 Å². The van der Waals surface area contributed by atoms with Crippen molar-refractivity contribution < 1.29 is 9.53 Å². The monoisotopic (exact) mass is 262 g/mol. The molecular formula is C18H14O2. The summed E-state index contributed by atoms with van der Waals surface area (Å²) in [5, 5.41) is 0. The summed E-state index contributed by atoms with van der Waals surface area (Å²) in [4.78, 5) is 10.7. The third-order valence-electron chi connectivity index (χ3n) is 1.94. The van der Waals surface area contributed by atoms with Gasteiger partial charge < -0.3 is 4.74 Å². The maximum Gasteiger partial charge on any atom is 0.336 e. The Morgan fingerprint density at radius 3 is 2.35 bits per heavy atom. The van der Waals surface area contributed by atoms with Crippen LogP contribution in [-0.2, 0) is 9.53 Å². The van der Waals surface area contributed by atoms with Gasteiger partial charge in [0.25, 0.3) is 0 Å². The lowest BCUT2D eigenvalue weighted by atomic mass is 10.3. The summed E-state index contributed by atoms with van der Waals surface area (Å²) in [7, 11) is 0. The van der Waals surface area contributed by atoms with Gasteiger partial charge in [0.1, 0.15) is 5.76 Å². The van der Waals surface area contributed by atoms with E-state index in [-0.39, 0.29) is 5.97 Å². The Hall–Kier alpha value is -2.97. The molecule has 0 bridgehead atoms. The molecule has 0 unspecified atom stereocenters. The number of allylic oxidation sites excluding steroid dienone is 10. The van der Waals surface area contributed by atoms with Crippen molar-refractivity contribution in [3.05, 3.63) is 72.6 Å². The molecule has 0 aromatic rings. The second-order valence-corrected chi connectivity index (χ2v) is 3.49. The predicted molar refractivity (Wildman–Crippen MR) is 81.1 cm³/mol. The van der Waals surface area contributed by atoms with Crippen LogP contribution in [0.5, 0.6) is 0 Å². The zero-order valence-electron chi connectivity index (χ0n) is 11.2. The second-order valence-electron chi connectivity index (χ2n) is 3.49. The van der Waals surface area contributed by atoms with Gasteiger partial charge in [0, 0.05) is 6.08 Å². The Morgan fingerprint density at radius 2 is 1.65 bits per heavy atom. The summed E-state index contributed by atoms with van der Waals surface area (Å²) in [6, 6.07) is 0. The first-order chi connectivity index (χ1) is 9.83. The molecular weight excluding hydrogens is 248 g/mol. The fraction of sp³-hybridized carbons (Fsp3) is 0.0556. The van der Waals surface area contributed by atoms with Crippen LogP contribution in [0.25, 0.3) is 0 Å². The van der Waals surface area contributed by atoms with E-state index in [1.807, 2.05) is 37.3 Å². The summed E-state index contributed by atoms with van der Waals surface area (Å²) < 4.78 is 4.85. The molecule has 0 atom stereocenters. The van der Waals surface area contributed by atoms with Crippen molar-refractivity contribution in [2.75, 3.05) is 0 Å². The first kappa shape index (κ1) is 15.1. The van der Waals surface area contributed by atoms with E-state index < -0.39 is 0 Å². The zero-order chi connectivity index (χ0) is 14.5. The summed E-state index contributed by atoms with van der Waals surface area (Å²) in [5.41, 5.74) is 0. The number of cyclic esters (lactones) is 1. The van der Waals surface area contributed by atoms with E-state index in [1.54, 1.807) is 30.4 Å². The van der Waals surface area contributed by atoms with Crippen LogP contribution in [0.2, 0.25) is 0 Å². The highest BCUT2D eigenvalue weighted by Crippen LogP contribution is 2.08. The molecule has 2 heteroatoms. The minimum Gasteiger partial charge on any atom is -0.423 e. The maximum atomic E-state index is 10.7. The number of rotatable bonds is 3. The maximum absolute atomic E-state index is 10.7. The van der Waals surface area contributed by atoms with Gasteiger partial charge in [-0.05, 0) is 43.1 Å². The number of hydrogen-bond acceptors (Lipinski definition) is 2. The molecule has 0 N–H and O–H groups in total. The standard InChI is InChI=1S/C18H14O2/c1-2-3-4-5-6-7-8-9-10-11-12-13-14-17-15-16-18(19)20-17/h2-3,8-16H,1H3/b3-2+,9-8+,11-10+,13-12+,17-14+. The van der Waals surface area contributed by atoms with E-state index in [0.717, 1.165) is 0 Å². The van der Waals surface area contributed by atoms with E-state index in [4.69, 9.17) is 4.74 Å². The van der Waals surface area contributed by atoms with Crippen LogP contribution in [0, 0.1) is 23.7 Å². The first-order valence-corrected chi connectivity index (χ1v) is 6.05. The van der Waals surface area contributed by atoms with Gasteiger partial charge in [-0.1, -0.05) is 48.3 Å². The van der Waals surface area contributed by atoms with Crippen molar-refractivity contribution in [3.63, 3.8) is 0 Å². The third kappa shape index (κ3) is 7.37. The van der Waals surface area contributed by atoms with Crippen LogP contribution >= 0.6 is 0 Å². The summed E-state index contributed by atoms with van der Waals surface area (Å²) in [5.74, 6) is 11.2. The number of carbonyl (C=O) groups excluding carboxylic acids is 1. The summed E-state index contributed by atoms with van der Waals surface area (Å²) in [6.45, 7) is 1.91. The van der Waals surface area contributed by atoms with Crippen LogP contribution in [-0.4, -0.2) is 5.97 Å². The zero-order valence-corrected chi connectivity index (χ0v) is 11.2. The first-order valence-electron chi connectivity index (χ1n) is 6.05. The summed E-state index contributed by atoms with van der Waals surface area (Å²) >= 11 is 0. The van der Waals surface area contributed by atoms with Crippen molar-refractivity contribution in [1.29, 1.82) is 0 Å². The lowest BCUT2D eigenvalue weighted by Crippen LogP contribution is -1.89. The molecule has 1 heterocycles. The Kier molecular flexibility index (Phi) is 7.54. The minimum atomic E-state index is -0.334. The van der Waals surface area contributed by atoms with Gasteiger partial charge in [-0.15, -0.1) is 0 Å². The highest BCUT2D eigenvalue weighted by atomic mass is 16.5. The topological polar surface area (TPSA) is 26.3 Å². The van der Waals surface area contributed by atoms with Gasteiger partial charge in [0.15, 0.2) is 0 Å². The molecule has 20 heavy (non-hydrogen) atoms. The van der Waals surface area contributed by atoms with Crippen LogP contribution in [0.1, 0.15) is 6.92 Å². The van der Waals surface area contributed by atoms with Gasteiger partial charge in [-0.2, -0.15) is 0 Å². The molecule has 1 rings (SSSR count). The van der Waals surface area contributed by atoms with Crippen molar-refractivity contribution >= 4 is 5.97 Å². The normalized spacial score (nSPS) is 16.1. The molecule has 0 aromatic heterocycles. The van der Waals surface area contributed by atoms with Gasteiger partial charge in [-0.3, -0.25) is 0 Å². The van der Waals surface area contributed by atoms with Gasteiger partial charge in [-0.25, -0.2) is 4.79 Å². The van der Waals surface area contributed by atoms with Crippen molar-refractivity contribution in [2.45, 2.75) is 6.92 Å². The quantitative estimate of drug-likeness (QED) is 0.443. The molecule has 0 radical (unpaired) electrons. The Bertz CT molecular complexity index is 630. The smallest absolute Gasteiger partial charge is 0.336 e. The average Bonchev–Trinajstić information content (AvgIpc) is 2.86. The van der Waals surface area contributed by atoms with E-state index in [0.29, 0.717) is 5.76 Å². The minimum absolute atomic E-state index is 0.334. The van der Waals surface area contributed by atoms with Gasteiger partial charge >= 0.3 is 5.97 Å². The van der Waals surface area contributed by atoms with Crippen LogP contribution in [0.3, 0.4) is 0 Å². The van der Waals surface area contributed by atoms with Crippen LogP contribution in [0.4, 0.5) is 0 Å². The number of carbonyl (C=O) groups is 1. The SMILES string of the molecule is C/C=C/C#CC#C/C=C/C=C/C=C/C=C1\C=CC(=O)O1. The fourth-order valence-electron chi connectivity index (χ4n) is 1.11. The molecule has 0 fully saturated rings. The predicted octanol–water partition coefficient (Wildman–Crippen LogP) is 3.23. The molecule has 0 saturated heterocycles.